The number of fused-ring (bicyclic) bond motifs is 1. The molecule has 0 saturated carbocycles. The molecule has 1 amide bonds. The molecule has 0 aromatic heterocycles. The largest absolute Gasteiger partial charge is 0.268 e. The number of nitriles is 1. The number of hydrogen-bond donors (Lipinski definition) is 0. The molecule has 21 heavy (non-hydrogen) atoms. The first-order valence-corrected chi connectivity index (χ1v) is 6.43. The van der Waals surface area contributed by atoms with E-state index in [4.69, 9.17) is 0 Å². The maximum absolute atomic E-state index is 12.3. The lowest BCUT2D eigenvalue weighted by Crippen LogP contribution is -2.23. The average molecular weight is 273 g/mol. The zero-order valence-electron chi connectivity index (χ0n) is 11.1. The fourth-order valence-corrected chi connectivity index (χ4v) is 2.16. The third-order valence-electron chi connectivity index (χ3n) is 3.17. The Morgan fingerprint density at radius 3 is 2.57 bits per heavy atom. The summed E-state index contributed by atoms with van der Waals surface area (Å²) < 4.78 is 0. The topological polar surface area (TPSA) is 56.5 Å². The van der Waals surface area contributed by atoms with Crippen LogP contribution in [0.2, 0.25) is 0 Å². The normalized spacial score (nSPS) is 13.8. The molecule has 0 radical (unpaired) electrons. The lowest BCUT2D eigenvalue weighted by atomic mass is 10.1. The third-order valence-corrected chi connectivity index (χ3v) is 3.17. The van der Waals surface area contributed by atoms with Crippen molar-refractivity contribution in [2.75, 3.05) is 4.90 Å². The fraction of sp³-hybridized carbons (Fsp3) is 0. The van der Waals surface area contributed by atoms with Crippen molar-refractivity contribution in [1.82, 2.24) is 0 Å². The summed E-state index contributed by atoms with van der Waals surface area (Å²) in [5.41, 5.74) is 2.99. The number of nitrogens with zero attached hydrogens (tertiary/aromatic N) is 3. The summed E-state index contributed by atoms with van der Waals surface area (Å²) in [5.74, 6) is -0.410. The van der Waals surface area contributed by atoms with Gasteiger partial charge in [-0.25, -0.2) is 4.90 Å². The molecule has 2 aromatic rings. The molecule has 1 aliphatic heterocycles. The lowest BCUT2D eigenvalue weighted by molar-refractivity contribution is -0.113. The minimum absolute atomic E-state index is 0.410. The van der Waals surface area contributed by atoms with Crippen molar-refractivity contribution < 1.29 is 4.79 Å². The SMILES string of the molecule is N#CN(C(=O)C=C1N=Cc2ccccc21)c1ccccc1. The molecule has 1 heterocycles. The monoisotopic (exact) mass is 273 g/mol. The molecule has 0 saturated heterocycles. The molecule has 0 aliphatic carbocycles. The summed E-state index contributed by atoms with van der Waals surface area (Å²) in [6.45, 7) is 0. The molecule has 0 N–H and O–H groups in total. The van der Waals surface area contributed by atoms with E-state index in [1.54, 1.807) is 30.5 Å². The van der Waals surface area contributed by atoms with Crippen molar-refractivity contribution in [3.63, 3.8) is 0 Å². The molecule has 0 atom stereocenters. The second kappa shape index (κ2) is 5.43. The van der Waals surface area contributed by atoms with E-state index in [2.05, 4.69) is 4.99 Å². The predicted octanol–water partition coefficient (Wildman–Crippen LogP) is 2.97. The van der Waals surface area contributed by atoms with Gasteiger partial charge < -0.3 is 0 Å². The van der Waals surface area contributed by atoms with Gasteiger partial charge in [0.2, 0.25) is 0 Å². The summed E-state index contributed by atoms with van der Waals surface area (Å²) >= 11 is 0. The van der Waals surface area contributed by atoms with E-state index in [0.29, 0.717) is 11.4 Å². The van der Waals surface area contributed by atoms with Gasteiger partial charge in [-0.05, 0) is 12.1 Å². The zero-order valence-corrected chi connectivity index (χ0v) is 11.1. The van der Waals surface area contributed by atoms with Crippen molar-refractivity contribution in [2.24, 2.45) is 4.99 Å². The second-order valence-electron chi connectivity index (χ2n) is 4.48. The number of amides is 1. The van der Waals surface area contributed by atoms with Gasteiger partial charge >= 0.3 is 0 Å². The van der Waals surface area contributed by atoms with Crippen LogP contribution in [0.4, 0.5) is 5.69 Å². The minimum atomic E-state index is -0.410. The zero-order chi connectivity index (χ0) is 14.7. The van der Waals surface area contributed by atoms with Crippen LogP contribution in [0.15, 0.2) is 65.7 Å². The molecule has 4 nitrogen and oxygen atoms in total. The predicted molar refractivity (Wildman–Crippen MR) is 81.6 cm³/mol. The highest BCUT2D eigenvalue weighted by atomic mass is 16.2. The first kappa shape index (κ1) is 12.8. The first-order valence-electron chi connectivity index (χ1n) is 6.43. The molecule has 100 valence electrons. The van der Waals surface area contributed by atoms with Gasteiger partial charge in [-0.15, -0.1) is 0 Å². The number of benzene rings is 2. The molecule has 2 aromatic carbocycles. The number of anilines is 1. The quantitative estimate of drug-likeness (QED) is 0.480. The molecular weight excluding hydrogens is 262 g/mol. The summed E-state index contributed by atoms with van der Waals surface area (Å²) in [7, 11) is 0. The molecule has 0 bridgehead atoms. The number of hydrogen-bond acceptors (Lipinski definition) is 3. The third kappa shape index (κ3) is 2.45. The van der Waals surface area contributed by atoms with Crippen molar-refractivity contribution in [2.45, 2.75) is 0 Å². The maximum atomic E-state index is 12.3. The Morgan fingerprint density at radius 1 is 1.10 bits per heavy atom. The van der Waals surface area contributed by atoms with Gasteiger partial charge in [0, 0.05) is 23.4 Å². The van der Waals surface area contributed by atoms with Gasteiger partial charge in [0.05, 0.1) is 11.4 Å². The Balaban J connectivity index is 1.92. The molecule has 4 heteroatoms. The van der Waals surface area contributed by atoms with Crippen LogP contribution in [-0.4, -0.2) is 12.1 Å². The van der Waals surface area contributed by atoms with Crippen molar-refractivity contribution in [3.8, 4) is 6.19 Å². The number of carbonyl (C=O) groups excluding carboxylic acids is 1. The number of aliphatic imine (C=N–C) groups is 1. The van der Waals surface area contributed by atoms with E-state index in [1.165, 1.54) is 6.08 Å². The van der Waals surface area contributed by atoms with Crippen molar-refractivity contribution in [3.05, 3.63) is 71.8 Å². The fourth-order valence-electron chi connectivity index (χ4n) is 2.16. The van der Waals surface area contributed by atoms with Gasteiger partial charge in [-0.2, -0.15) is 5.26 Å². The maximum Gasteiger partial charge on any atom is 0.266 e. The van der Waals surface area contributed by atoms with E-state index in [9.17, 15) is 10.1 Å². The van der Waals surface area contributed by atoms with Crippen LogP contribution in [-0.2, 0) is 4.79 Å². The van der Waals surface area contributed by atoms with Crippen LogP contribution < -0.4 is 4.90 Å². The molecule has 1 aliphatic rings. The highest BCUT2D eigenvalue weighted by Crippen LogP contribution is 2.25. The summed E-state index contributed by atoms with van der Waals surface area (Å²) in [4.78, 5) is 17.6. The number of para-hydroxylation sites is 1. The molecule has 0 unspecified atom stereocenters. The van der Waals surface area contributed by atoms with E-state index in [1.807, 2.05) is 36.5 Å². The Bertz CT molecular complexity index is 785. The molecule has 3 rings (SSSR count). The lowest BCUT2D eigenvalue weighted by Gasteiger charge is -2.11. The Labute approximate surface area is 122 Å². The highest BCUT2D eigenvalue weighted by molar-refractivity contribution is 6.10. The first-order chi connectivity index (χ1) is 10.3. The standard InChI is InChI=1S/C17H11N3O/c18-12-20(14-7-2-1-3-8-14)17(21)10-16-15-9-5-4-6-13(15)11-19-16/h1-11H. The van der Waals surface area contributed by atoms with Crippen LogP contribution >= 0.6 is 0 Å². The Morgan fingerprint density at radius 2 is 1.81 bits per heavy atom. The molecule has 0 fully saturated rings. The van der Waals surface area contributed by atoms with Crippen LogP contribution in [0.25, 0.3) is 5.70 Å². The van der Waals surface area contributed by atoms with Crippen molar-refractivity contribution >= 4 is 23.5 Å². The summed E-state index contributed by atoms with van der Waals surface area (Å²) in [6.07, 6.45) is 5.01. The van der Waals surface area contributed by atoms with Gasteiger partial charge in [0.15, 0.2) is 6.19 Å². The van der Waals surface area contributed by atoms with Gasteiger partial charge in [0.1, 0.15) is 0 Å². The Hall–Kier alpha value is -3.19. The minimum Gasteiger partial charge on any atom is -0.268 e. The Kier molecular flexibility index (Phi) is 3.32. The molecular formula is C17H11N3O. The number of rotatable bonds is 2. The van der Waals surface area contributed by atoms with Crippen LogP contribution in [0, 0.1) is 11.5 Å². The van der Waals surface area contributed by atoms with E-state index < -0.39 is 5.91 Å². The smallest absolute Gasteiger partial charge is 0.266 e. The van der Waals surface area contributed by atoms with Crippen molar-refractivity contribution in [1.29, 1.82) is 5.26 Å². The van der Waals surface area contributed by atoms with E-state index in [-0.39, 0.29) is 0 Å². The van der Waals surface area contributed by atoms with Crippen LogP contribution in [0.3, 0.4) is 0 Å². The van der Waals surface area contributed by atoms with Gasteiger partial charge in [-0.3, -0.25) is 9.79 Å². The summed E-state index contributed by atoms with van der Waals surface area (Å²) in [5, 5.41) is 9.21. The summed E-state index contributed by atoms with van der Waals surface area (Å²) in [6, 6.07) is 16.5. The van der Waals surface area contributed by atoms with E-state index >= 15 is 0 Å². The number of carbonyl (C=O) groups is 1. The highest BCUT2D eigenvalue weighted by Gasteiger charge is 2.17. The second-order valence-corrected chi connectivity index (χ2v) is 4.48. The average Bonchev–Trinajstić information content (AvgIpc) is 2.92. The molecule has 0 spiro atoms. The van der Waals surface area contributed by atoms with Crippen LogP contribution in [0.5, 0.6) is 0 Å². The van der Waals surface area contributed by atoms with E-state index in [0.717, 1.165) is 16.0 Å². The van der Waals surface area contributed by atoms with Gasteiger partial charge in [-0.1, -0.05) is 42.5 Å². The van der Waals surface area contributed by atoms with Gasteiger partial charge in [0.25, 0.3) is 5.91 Å². The van der Waals surface area contributed by atoms with Crippen LogP contribution in [0.1, 0.15) is 11.1 Å².